The highest BCUT2D eigenvalue weighted by molar-refractivity contribution is 7.16. The zero-order chi connectivity index (χ0) is 24.0. The smallest absolute Gasteiger partial charge is 0.131 e. The summed E-state index contributed by atoms with van der Waals surface area (Å²) in [6.45, 7) is 14.7. The minimum absolute atomic E-state index is 0.205. The second-order valence-electron chi connectivity index (χ2n) is 8.24. The molecule has 1 unspecified atom stereocenters. The van der Waals surface area contributed by atoms with Crippen molar-refractivity contribution in [1.82, 2.24) is 9.97 Å². The second-order valence-corrected chi connectivity index (χ2v) is 9.27. The van der Waals surface area contributed by atoms with E-state index in [1.165, 1.54) is 6.07 Å². The number of hydrogen-bond acceptors (Lipinski definition) is 4. The number of rotatable bonds is 9. The van der Waals surface area contributed by atoms with Crippen LogP contribution in [0.4, 0.5) is 9.39 Å². The van der Waals surface area contributed by atoms with Crippen LogP contribution in [0.5, 0.6) is 0 Å². The van der Waals surface area contributed by atoms with Crippen molar-refractivity contribution in [3.05, 3.63) is 94.7 Å². The lowest BCUT2D eigenvalue weighted by atomic mass is 9.91. The average molecular weight is 462 g/mol. The number of benzene rings is 1. The molecule has 0 radical (unpaired) electrons. The number of halogens is 1. The lowest BCUT2D eigenvalue weighted by Crippen LogP contribution is -2.00. The lowest BCUT2D eigenvalue weighted by molar-refractivity contribution is 0.624. The first-order chi connectivity index (χ1) is 15.8. The highest BCUT2D eigenvalue weighted by Gasteiger charge is 2.17. The molecule has 0 saturated carbocycles. The second kappa shape index (κ2) is 11.2. The standard InChI is InChI=1S/C28H32FN3S/c1-7-18(3)23(22-13-9-10-14-25(22)29)16-24(19(4)8-2)28-31-17-26(33-28)32-21(6)27-20(5)12-11-15-30-27/h9-17,19,32H,6-8H2,1-5H3/b23-18?,24-16+. The number of aromatic nitrogens is 2. The van der Waals surface area contributed by atoms with Gasteiger partial charge >= 0.3 is 0 Å². The van der Waals surface area contributed by atoms with Crippen LogP contribution in [0.1, 0.15) is 62.4 Å². The zero-order valence-electron chi connectivity index (χ0n) is 20.1. The van der Waals surface area contributed by atoms with E-state index in [2.05, 4.69) is 50.7 Å². The van der Waals surface area contributed by atoms with E-state index in [1.54, 1.807) is 23.6 Å². The molecule has 0 bridgehead atoms. The van der Waals surface area contributed by atoms with E-state index >= 15 is 0 Å². The fraction of sp³-hybridized carbons (Fsp3) is 0.286. The molecular weight excluding hydrogens is 429 g/mol. The van der Waals surface area contributed by atoms with E-state index in [9.17, 15) is 4.39 Å². The van der Waals surface area contributed by atoms with Crippen molar-refractivity contribution in [2.24, 2.45) is 5.92 Å². The van der Waals surface area contributed by atoms with Gasteiger partial charge in [0.1, 0.15) is 15.8 Å². The minimum atomic E-state index is -0.205. The van der Waals surface area contributed by atoms with Gasteiger partial charge in [0.15, 0.2) is 0 Å². The maximum Gasteiger partial charge on any atom is 0.131 e. The van der Waals surface area contributed by atoms with Crippen molar-refractivity contribution in [2.75, 3.05) is 5.32 Å². The lowest BCUT2D eigenvalue weighted by Gasteiger charge is -2.16. The average Bonchev–Trinajstić information content (AvgIpc) is 3.27. The zero-order valence-corrected chi connectivity index (χ0v) is 20.9. The quantitative estimate of drug-likeness (QED) is 0.325. The first-order valence-corrected chi connectivity index (χ1v) is 12.2. The largest absolute Gasteiger partial charge is 0.345 e. The van der Waals surface area contributed by atoms with Crippen molar-refractivity contribution in [3.63, 3.8) is 0 Å². The van der Waals surface area contributed by atoms with E-state index in [0.717, 1.165) is 56.5 Å². The van der Waals surface area contributed by atoms with Crippen LogP contribution in [0.3, 0.4) is 0 Å². The molecule has 5 heteroatoms. The molecule has 0 aliphatic carbocycles. The molecule has 0 aliphatic rings. The van der Waals surface area contributed by atoms with E-state index in [4.69, 9.17) is 4.98 Å². The number of thiazole rings is 1. The molecule has 1 aromatic carbocycles. The minimum Gasteiger partial charge on any atom is -0.345 e. The van der Waals surface area contributed by atoms with Crippen molar-refractivity contribution in [3.8, 4) is 0 Å². The Bertz CT molecular complexity index is 1190. The normalized spacial score (nSPS) is 13.5. The first-order valence-electron chi connectivity index (χ1n) is 11.4. The van der Waals surface area contributed by atoms with Crippen LogP contribution in [-0.2, 0) is 0 Å². The Balaban J connectivity index is 1.99. The van der Waals surface area contributed by atoms with Crippen molar-refractivity contribution >= 4 is 33.2 Å². The number of nitrogens with one attached hydrogen (secondary N) is 1. The molecule has 1 N–H and O–H groups in total. The summed E-state index contributed by atoms with van der Waals surface area (Å²) in [7, 11) is 0. The summed E-state index contributed by atoms with van der Waals surface area (Å²) in [6, 6.07) is 10.9. The van der Waals surface area contributed by atoms with Crippen molar-refractivity contribution in [1.29, 1.82) is 0 Å². The predicted octanol–water partition coefficient (Wildman–Crippen LogP) is 8.38. The molecule has 33 heavy (non-hydrogen) atoms. The Morgan fingerprint density at radius 1 is 1.18 bits per heavy atom. The van der Waals surface area contributed by atoms with Gasteiger partial charge in [-0.3, -0.25) is 4.98 Å². The van der Waals surface area contributed by atoms with Gasteiger partial charge in [0.05, 0.1) is 17.6 Å². The van der Waals surface area contributed by atoms with E-state index in [1.807, 2.05) is 37.4 Å². The summed E-state index contributed by atoms with van der Waals surface area (Å²) >= 11 is 1.58. The Kier molecular flexibility index (Phi) is 8.34. The van der Waals surface area contributed by atoms with Crippen molar-refractivity contribution < 1.29 is 4.39 Å². The van der Waals surface area contributed by atoms with Crippen LogP contribution in [-0.4, -0.2) is 9.97 Å². The van der Waals surface area contributed by atoms with Gasteiger partial charge in [-0.15, -0.1) is 0 Å². The maximum absolute atomic E-state index is 14.7. The molecule has 3 aromatic rings. The molecule has 172 valence electrons. The Morgan fingerprint density at radius 3 is 2.61 bits per heavy atom. The van der Waals surface area contributed by atoms with Gasteiger partial charge < -0.3 is 5.32 Å². The van der Waals surface area contributed by atoms with Crippen LogP contribution in [0.2, 0.25) is 0 Å². The Labute approximate surface area is 200 Å². The summed E-state index contributed by atoms with van der Waals surface area (Å²) < 4.78 is 14.7. The maximum atomic E-state index is 14.7. The SMILES string of the molecule is C=C(Nc1cnc(/C(=C/C(=C(C)CC)c2ccccc2F)C(C)CC)s1)c1ncccc1C. The molecule has 0 aliphatic heterocycles. The first kappa shape index (κ1) is 24.6. The van der Waals surface area contributed by atoms with Gasteiger partial charge in [-0.25, -0.2) is 9.37 Å². The van der Waals surface area contributed by atoms with E-state index < -0.39 is 0 Å². The number of anilines is 1. The molecule has 0 spiro atoms. The topological polar surface area (TPSA) is 37.8 Å². The molecule has 2 aromatic heterocycles. The van der Waals surface area contributed by atoms with E-state index in [-0.39, 0.29) is 11.7 Å². The van der Waals surface area contributed by atoms with Gasteiger partial charge in [0.2, 0.25) is 0 Å². The molecule has 2 heterocycles. The van der Waals surface area contributed by atoms with Gasteiger partial charge in [0.25, 0.3) is 0 Å². The Hall–Kier alpha value is -3.05. The van der Waals surface area contributed by atoms with Gasteiger partial charge in [-0.05, 0) is 67.5 Å². The fourth-order valence-corrected chi connectivity index (χ4v) is 4.54. The molecule has 0 amide bonds. The molecule has 0 fully saturated rings. The summed E-state index contributed by atoms with van der Waals surface area (Å²) in [6.07, 6.45) is 7.54. The van der Waals surface area contributed by atoms with Gasteiger partial charge in [0, 0.05) is 11.8 Å². The van der Waals surface area contributed by atoms with Crippen molar-refractivity contribution in [2.45, 2.75) is 47.5 Å². The van der Waals surface area contributed by atoms with Gasteiger partial charge in [-0.1, -0.05) is 68.5 Å². The van der Waals surface area contributed by atoms with E-state index in [0.29, 0.717) is 5.56 Å². The Morgan fingerprint density at radius 2 is 1.94 bits per heavy atom. The highest BCUT2D eigenvalue weighted by atomic mass is 32.1. The van der Waals surface area contributed by atoms with Crippen LogP contribution in [0, 0.1) is 18.7 Å². The molecule has 3 nitrogen and oxygen atoms in total. The van der Waals surface area contributed by atoms with Crippen LogP contribution < -0.4 is 5.32 Å². The molecule has 1 atom stereocenters. The predicted molar refractivity (Wildman–Crippen MR) is 140 cm³/mol. The number of hydrogen-bond donors (Lipinski definition) is 1. The number of pyridine rings is 1. The summed E-state index contributed by atoms with van der Waals surface area (Å²) in [5.41, 5.74) is 6.47. The number of nitrogens with zero attached hydrogens (tertiary/aromatic N) is 2. The molecule has 0 saturated heterocycles. The van der Waals surface area contributed by atoms with Crippen LogP contribution in [0.15, 0.2) is 67.0 Å². The summed E-state index contributed by atoms with van der Waals surface area (Å²) in [5, 5.41) is 5.19. The van der Waals surface area contributed by atoms with Crippen LogP contribution in [0.25, 0.3) is 16.8 Å². The summed E-state index contributed by atoms with van der Waals surface area (Å²) in [4.78, 5) is 9.16. The summed E-state index contributed by atoms with van der Waals surface area (Å²) in [5.74, 6) is 0.0697. The molecular formula is C28H32FN3S. The monoisotopic (exact) mass is 461 g/mol. The third-order valence-electron chi connectivity index (χ3n) is 5.92. The third kappa shape index (κ3) is 5.85. The third-order valence-corrected chi connectivity index (χ3v) is 6.88. The fourth-order valence-electron chi connectivity index (χ4n) is 3.57. The highest BCUT2D eigenvalue weighted by Crippen LogP contribution is 2.36. The number of allylic oxidation sites excluding steroid dienone is 4. The van der Waals surface area contributed by atoms with Gasteiger partial charge in [-0.2, -0.15) is 0 Å². The van der Waals surface area contributed by atoms with Crippen LogP contribution >= 0.6 is 11.3 Å². The molecule has 3 rings (SSSR count). The number of aryl methyl sites for hydroxylation is 1.